The quantitative estimate of drug-likeness (QED) is 0.893. The molecule has 2 N–H and O–H groups in total. The van der Waals surface area contributed by atoms with Crippen LogP contribution in [0.1, 0.15) is 28.3 Å². The van der Waals surface area contributed by atoms with Crippen LogP contribution in [0.15, 0.2) is 36.4 Å². The minimum atomic E-state index is -0.586. The lowest BCUT2D eigenvalue weighted by Crippen LogP contribution is -2.15. The molecule has 0 spiro atoms. The number of aryl methyl sites for hydroxylation is 2. The molecule has 100 valence electrons. The van der Waals surface area contributed by atoms with Crippen molar-refractivity contribution in [3.63, 3.8) is 0 Å². The lowest BCUT2D eigenvalue weighted by Gasteiger charge is -2.14. The maximum atomic E-state index is 13.6. The number of nitrogens with two attached hydrogens (primary N) is 1. The van der Waals surface area contributed by atoms with E-state index in [-0.39, 0.29) is 0 Å². The number of benzene rings is 2. The smallest absolute Gasteiger partial charge is 0.130 e. The Bertz CT molecular complexity index is 573. The molecule has 0 bridgehead atoms. The van der Waals surface area contributed by atoms with Crippen molar-refractivity contribution in [3.05, 3.63) is 70.3 Å². The van der Waals surface area contributed by atoms with Crippen molar-refractivity contribution in [1.82, 2.24) is 0 Å². The van der Waals surface area contributed by atoms with E-state index in [0.29, 0.717) is 12.0 Å². The molecule has 19 heavy (non-hydrogen) atoms. The van der Waals surface area contributed by atoms with Crippen LogP contribution in [0.4, 0.5) is 8.78 Å². The van der Waals surface area contributed by atoms with Crippen molar-refractivity contribution in [1.29, 1.82) is 0 Å². The molecule has 0 heterocycles. The van der Waals surface area contributed by atoms with Gasteiger partial charge < -0.3 is 5.73 Å². The highest BCUT2D eigenvalue weighted by atomic mass is 19.1. The predicted octanol–water partition coefficient (Wildman–Crippen LogP) is 3.82. The fourth-order valence-electron chi connectivity index (χ4n) is 2.35. The molecule has 0 radical (unpaired) electrons. The summed E-state index contributed by atoms with van der Waals surface area (Å²) in [6.45, 7) is 4.03. The van der Waals surface area contributed by atoms with Gasteiger partial charge in [-0.05, 0) is 31.9 Å². The predicted molar refractivity (Wildman–Crippen MR) is 72.9 cm³/mol. The number of hydrogen-bond acceptors (Lipinski definition) is 1. The average molecular weight is 261 g/mol. The maximum Gasteiger partial charge on any atom is 0.130 e. The Morgan fingerprint density at radius 3 is 2.21 bits per heavy atom. The number of rotatable bonds is 3. The Morgan fingerprint density at radius 2 is 1.63 bits per heavy atom. The third-order valence-corrected chi connectivity index (χ3v) is 3.10. The lowest BCUT2D eigenvalue weighted by molar-refractivity contribution is 0.554. The highest BCUT2D eigenvalue weighted by Gasteiger charge is 2.13. The van der Waals surface area contributed by atoms with Gasteiger partial charge in [0.05, 0.1) is 0 Å². The van der Waals surface area contributed by atoms with Crippen molar-refractivity contribution in [2.24, 2.45) is 5.73 Å². The van der Waals surface area contributed by atoms with Gasteiger partial charge in [-0.2, -0.15) is 0 Å². The van der Waals surface area contributed by atoms with Crippen LogP contribution in [-0.4, -0.2) is 0 Å². The molecule has 2 rings (SSSR count). The molecule has 0 aliphatic rings. The molecule has 1 unspecified atom stereocenters. The maximum absolute atomic E-state index is 13.6. The first-order valence-electron chi connectivity index (χ1n) is 6.23. The van der Waals surface area contributed by atoms with E-state index in [4.69, 9.17) is 5.73 Å². The van der Waals surface area contributed by atoms with E-state index in [1.807, 2.05) is 26.0 Å². The van der Waals surface area contributed by atoms with Crippen LogP contribution in [0.2, 0.25) is 0 Å². The van der Waals surface area contributed by atoms with Gasteiger partial charge in [0.1, 0.15) is 11.6 Å². The van der Waals surface area contributed by atoms with E-state index < -0.39 is 17.7 Å². The monoisotopic (exact) mass is 261 g/mol. The molecule has 0 aromatic heterocycles. The third kappa shape index (κ3) is 3.38. The van der Waals surface area contributed by atoms with Crippen LogP contribution in [0, 0.1) is 25.5 Å². The van der Waals surface area contributed by atoms with Crippen molar-refractivity contribution in [2.75, 3.05) is 0 Å². The Hall–Kier alpha value is -1.74. The number of hydrogen-bond donors (Lipinski definition) is 1. The van der Waals surface area contributed by atoms with E-state index in [1.54, 1.807) is 0 Å². The first kappa shape index (κ1) is 13.7. The molecule has 0 fully saturated rings. The molecule has 0 saturated heterocycles. The summed E-state index contributed by atoms with van der Waals surface area (Å²) in [4.78, 5) is 0. The second-order valence-electron chi connectivity index (χ2n) is 4.97. The normalized spacial score (nSPS) is 12.5. The van der Waals surface area contributed by atoms with Gasteiger partial charge in [0, 0.05) is 17.7 Å². The van der Waals surface area contributed by atoms with E-state index in [0.717, 1.165) is 22.8 Å². The van der Waals surface area contributed by atoms with E-state index in [1.165, 1.54) is 12.1 Å². The molecule has 0 amide bonds. The Kier molecular flexibility index (Phi) is 3.96. The largest absolute Gasteiger partial charge is 0.324 e. The van der Waals surface area contributed by atoms with Crippen LogP contribution in [0.3, 0.4) is 0 Å². The SMILES string of the molecule is Cc1cc(C)cc(CC(N)c2ccc(F)cc2F)c1. The van der Waals surface area contributed by atoms with Crippen molar-refractivity contribution >= 4 is 0 Å². The molecule has 2 aromatic rings. The van der Waals surface area contributed by atoms with Crippen LogP contribution in [0.5, 0.6) is 0 Å². The minimum Gasteiger partial charge on any atom is -0.324 e. The van der Waals surface area contributed by atoms with Gasteiger partial charge in [0.25, 0.3) is 0 Å². The minimum absolute atomic E-state index is 0.348. The first-order valence-corrected chi connectivity index (χ1v) is 6.23. The summed E-state index contributed by atoms with van der Waals surface area (Å²) in [6.07, 6.45) is 0.533. The second kappa shape index (κ2) is 5.49. The summed E-state index contributed by atoms with van der Waals surface area (Å²) in [5.74, 6) is -1.17. The molecule has 3 heteroatoms. The summed E-state index contributed by atoms with van der Waals surface area (Å²) >= 11 is 0. The molecule has 0 aliphatic heterocycles. The highest BCUT2D eigenvalue weighted by Crippen LogP contribution is 2.21. The number of halogens is 2. The van der Waals surface area contributed by atoms with Crippen LogP contribution < -0.4 is 5.73 Å². The van der Waals surface area contributed by atoms with Gasteiger partial charge in [-0.1, -0.05) is 35.4 Å². The fraction of sp³-hybridized carbons (Fsp3) is 0.250. The summed E-state index contributed by atoms with van der Waals surface area (Å²) in [5.41, 5.74) is 9.74. The Labute approximate surface area is 112 Å². The van der Waals surface area contributed by atoms with Gasteiger partial charge in [0.15, 0.2) is 0 Å². The molecule has 0 saturated carbocycles. The molecule has 1 atom stereocenters. The molecular weight excluding hydrogens is 244 g/mol. The van der Waals surface area contributed by atoms with Crippen LogP contribution in [0.25, 0.3) is 0 Å². The zero-order valence-corrected chi connectivity index (χ0v) is 11.1. The van der Waals surface area contributed by atoms with Crippen molar-refractivity contribution < 1.29 is 8.78 Å². The van der Waals surface area contributed by atoms with Gasteiger partial charge in [-0.3, -0.25) is 0 Å². The van der Waals surface area contributed by atoms with E-state index in [9.17, 15) is 8.78 Å². The van der Waals surface area contributed by atoms with E-state index >= 15 is 0 Å². The lowest BCUT2D eigenvalue weighted by atomic mass is 9.97. The van der Waals surface area contributed by atoms with Gasteiger partial charge in [-0.25, -0.2) is 8.78 Å². The average Bonchev–Trinajstić information content (AvgIpc) is 2.26. The van der Waals surface area contributed by atoms with Crippen LogP contribution in [-0.2, 0) is 6.42 Å². The molecule has 1 nitrogen and oxygen atoms in total. The Balaban J connectivity index is 2.22. The summed E-state index contributed by atoms with van der Waals surface area (Å²) in [7, 11) is 0. The first-order chi connectivity index (χ1) is 8.95. The van der Waals surface area contributed by atoms with E-state index in [2.05, 4.69) is 6.07 Å². The highest BCUT2D eigenvalue weighted by molar-refractivity contribution is 5.31. The molecular formula is C16H17F2N. The van der Waals surface area contributed by atoms with Gasteiger partial charge >= 0.3 is 0 Å². The van der Waals surface area contributed by atoms with Crippen LogP contribution >= 0.6 is 0 Å². The topological polar surface area (TPSA) is 26.0 Å². The zero-order valence-electron chi connectivity index (χ0n) is 11.1. The second-order valence-corrected chi connectivity index (χ2v) is 4.97. The summed E-state index contributed by atoms with van der Waals surface area (Å²) < 4.78 is 26.5. The van der Waals surface area contributed by atoms with Crippen molar-refractivity contribution in [3.8, 4) is 0 Å². The Morgan fingerprint density at radius 1 is 1.00 bits per heavy atom. The van der Waals surface area contributed by atoms with Gasteiger partial charge in [0.2, 0.25) is 0 Å². The zero-order chi connectivity index (χ0) is 14.0. The summed E-state index contributed by atoms with van der Waals surface area (Å²) in [6, 6.07) is 9.20. The van der Waals surface area contributed by atoms with Gasteiger partial charge in [-0.15, -0.1) is 0 Å². The molecule has 2 aromatic carbocycles. The summed E-state index contributed by atoms with van der Waals surface area (Å²) in [5, 5.41) is 0. The third-order valence-electron chi connectivity index (χ3n) is 3.10. The standard InChI is InChI=1S/C16H17F2N/c1-10-5-11(2)7-12(6-10)8-16(19)14-4-3-13(17)9-15(14)18/h3-7,9,16H,8,19H2,1-2H3. The van der Waals surface area contributed by atoms with Crippen molar-refractivity contribution in [2.45, 2.75) is 26.3 Å². The fourth-order valence-corrected chi connectivity index (χ4v) is 2.35. The molecule has 0 aliphatic carbocycles.